The molecule has 2 amide bonds. The monoisotopic (exact) mass is 363 g/mol. The molecule has 0 saturated heterocycles. The van der Waals surface area contributed by atoms with Gasteiger partial charge in [0.25, 0.3) is 5.88 Å². The number of fused-ring (bicyclic) bond motifs is 1. The Morgan fingerprint density at radius 2 is 1.69 bits per heavy atom. The fraction of sp³-hybridized carbons (Fsp3) is 0.400. The summed E-state index contributed by atoms with van der Waals surface area (Å²) in [7, 11) is 0. The van der Waals surface area contributed by atoms with Crippen molar-refractivity contribution in [3.05, 3.63) is 11.9 Å². The Labute approximate surface area is 147 Å². The Hall–Kier alpha value is -3.05. The van der Waals surface area contributed by atoms with Gasteiger partial charge in [-0.2, -0.15) is 9.97 Å². The summed E-state index contributed by atoms with van der Waals surface area (Å²) in [4.78, 5) is 51.4. The maximum absolute atomic E-state index is 11.7. The topological polar surface area (TPSA) is 156 Å². The molecule has 2 unspecified atom stereocenters. The molecule has 0 aliphatic rings. The summed E-state index contributed by atoms with van der Waals surface area (Å²) in [5.41, 5.74) is -0.142. The van der Waals surface area contributed by atoms with Crippen LogP contribution in [0.5, 0.6) is 5.88 Å². The molecular weight excluding hydrogens is 346 g/mol. The number of carbonyl (C=O) groups excluding carboxylic acids is 3. The maximum atomic E-state index is 11.7. The van der Waals surface area contributed by atoms with Crippen LogP contribution in [0, 0.1) is 0 Å². The number of anilines is 1. The van der Waals surface area contributed by atoms with E-state index in [4.69, 9.17) is 4.74 Å². The third-order valence-electron chi connectivity index (χ3n) is 3.21. The Balaban J connectivity index is 2.72. The lowest BCUT2D eigenvalue weighted by Gasteiger charge is -2.17. The van der Waals surface area contributed by atoms with Crippen LogP contribution < -0.4 is 9.64 Å². The summed E-state index contributed by atoms with van der Waals surface area (Å²) in [5, 5.41) is 19.4. The number of nitrogens with zero attached hydrogens (tertiary/aromatic N) is 5. The highest BCUT2D eigenvalue weighted by Crippen LogP contribution is 2.25. The Bertz CT molecular complexity index is 870. The number of hydrogen-bond acceptors (Lipinski definition) is 10. The fourth-order valence-electron chi connectivity index (χ4n) is 2.09. The van der Waals surface area contributed by atoms with Gasteiger partial charge in [-0.25, -0.2) is 14.9 Å². The Kier molecular flexibility index (Phi) is 5.53. The maximum Gasteiger partial charge on any atom is 0.309 e. The van der Waals surface area contributed by atoms with Gasteiger partial charge < -0.3 is 14.9 Å². The minimum atomic E-state index is -1.33. The molecule has 0 aliphatic heterocycles. The van der Waals surface area contributed by atoms with E-state index in [0.29, 0.717) is 4.90 Å². The molecule has 0 aliphatic carbocycles. The zero-order chi connectivity index (χ0) is 19.6. The van der Waals surface area contributed by atoms with Gasteiger partial charge >= 0.3 is 5.97 Å². The SMILES string of the molecule is CC(=O)Oc1nc(N(C(C)=O)C(C)=O)nc2nc(C(O)C(C)O)cnc12. The Morgan fingerprint density at radius 1 is 1.08 bits per heavy atom. The lowest BCUT2D eigenvalue weighted by molar-refractivity contribution is -0.132. The van der Waals surface area contributed by atoms with E-state index < -0.39 is 30.0 Å². The van der Waals surface area contributed by atoms with E-state index in [1.54, 1.807) is 0 Å². The van der Waals surface area contributed by atoms with Crippen LogP contribution in [0.1, 0.15) is 39.5 Å². The van der Waals surface area contributed by atoms with Crippen LogP contribution in [0.15, 0.2) is 6.20 Å². The van der Waals surface area contributed by atoms with Crippen LogP contribution in [0.3, 0.4) is 0 Å². The minimum Gasteiger partial charge on any atom is -0.405 e. The highest BCUT2D eigenvalue weighted by molar-refractivity contribution is 6.12. The largest absolute Gasteiger partial charge is 0.405 e. The first-order valence-electron chi connectivity index (χ1n) is 7.52. The molecule has 2 aromatic rings. The number of imide groups is 1. The number of ether oxygens (including phenoxy) is 1. The van der Waals surface area contributed by atoms with Crippen LogP contribution in [-0.2, 0) is 14.4 Å². The predicted molar refractivity (Wildman–Crippen MR) is 86.9 cm³/mol. The molecule has 2 atom stereocenters. The van der Waals surface area contributed by atoms with Crippen molar-refractivity contribution in [1.82, 2.24) is 19.9 Å². The number of rotatable bonds is 4. The number of amides is 2. The van der Waals surface area contributed by atoms with Gasteiger partial charge in [0.15, 0.2) is 11.2 Å². The van der Waals surface area contributed by atoms with Gasteiger partial charge in [0.1, 0.15) is 6.10 Å². The van der Waals surface area contributed by atoms with Crippen molar-refractivity contribution < 1.29 is 29.3 Å². The molecule has 2 N–H and O–H groups in total. The summed E-state index contributed by atoms with van der Waals surface area (Å²) in [6, 6.07) is 0. The van der Waals surface area contributed by atoms with Crippen molar-refractivity contribution in [3.63, 3.8) is 0 Å². The van der Waals surface area contributed by atoms with Crippen molar-refractivity contribution in [2.75, 3.05) is 4.90 Å². The van der Waals surface area contributed by atoms with Gasteiger partial charge in [0.2, 0.25) is 17.8 Å². The highest BCUT2D eigenvalue weighted by Gasteiger charge is 2.24. The van der Waals surface area contributed by atoms with E-state index in [0.717, 1.165) is 20.8 Å². The molecule has 0 saturated carbocycles. The number of aliphatic hydroxyl groups is 2. The predicted octanol–water partition coefficient (Wildman–Crippen LogP) is -0.341. The number of esters is 1. The van der Waals surface area contributed by atoms with E-state index in [9.17, 15) is 24.6 Å². The van der Waals surface area contributed by atoms with Crippen LogP contribution in [0.4, 0.5) is 5.95 Å². The summed E-state index contributed by atoms with van der Waals surface area (Å²) < 4.78 is 4.97. The average Bonchev–Trinajstić information content (AvgIpc) is 2.52. The van der Waals surface area contributed by atoms with Crippen LogP contribution in [0.25, 0.3) is 11.2 Å². The number of aliphatic hydroxyl groups excluding tert-OH is 2. The first-order chi connectivity index (χ1) is 12.1. The van der Waals surface area contributed by atoms with Crippen molar-refractivity contribution in [1.29, 1.82) is 0 Å². The van der Waals surface area contributed by atoms with Gasteiger partial charge in [-0.15, -0.1) is 0 Å². The second kappa shape index (κ2) is 7.45. The third kappa shape index (κ3) is 3.95. The molecular formula is C15H17N5O6. The van der Waals surface area contributed by atoms with Gasteiger partial charge in [-0.05, 0) is 6.92 Å². The number of hydrogen-bond donors (Lipinski definition) is 2. The molecule has 26 heavy (non-hydrogen) atoms. The summed E-state index contributed by atoms with van der Waals surface area (Å²) in [6.45, 7) is 4.78. The van der Waals surface area contributed by atoms with Gasteiger partial charge in [-0.3, -0.25) is 14.4 Å². The summed E-state index contributed by atoms with van der Waals surface area (Å²) in [6.07, 6.45) is -1.29. The number of carbonyl (C=O) groups is 3. The second-order valence-electron chi connectivity index (χ2n) is 5.45. The summed E-state index contributed by atoms with van der Waals surface area (Å²) in [5.74, 6) is -2.66. The second-order valence-corrected chi connectivity index (χ2v) is 5.45. The first kappa shape index (κ1) is 19.3. The lowest BCUT2D eigenvalue weighted by atomic mass is 10.2. The van der Waals surface area contributed by atoms with E-state index in [2.05, 4.69) is 19.9 Å². The molecule has 11 heteroatoms. The minimum absolute atomic E-state index is 0.00289. The van der Waals surface area contributed by atoms with Gasteiger partial charge in [0.05, 0.1) is 18.0 Å². The number of aromatic nitrogens is 4. The zero-order valence-corrected chi connectivity index (χ0v) is 14.5. The van der Waals surface area contributed by atoms with Crippen LogP contribution in [-0.4, -0.2) is 54.0 Å². The average molecular weight is 363 g/mol. The van der Waals surface area contributed by atoms with E-state index in [1.165, 1.54) is 13.1 Å². The molecule has 0 radical (unpaired) electrons. The van der Waals surface area contributed by atoms with Crippen molar-refractivity contribution in [2.45, 2.75) is 39.9 Å². The van der Waals surface area contributed by atoms with Crippen LogP contribution >= 0.6 is 0 Å². The molecule has 2 heterocycles. The van der Waals surface area contributed by atoms with Crippen LogP contribution in [0.2, 0.25) is 0 Å². The van der Waals surface area contributed by atoms with E-state index in [1.807, 2.05) is 0 Å². The highest BCUT2D eigenvalue weighted by atomic mass is 16.5. The Morgan fingerprint density at radius 3 is 2.19 bits per heavy atom. The molecule has 2 aromatic heterocycles. The lowest BCUT2D eigenvalue weighted by Crippen LogP contribution is -2.34. The zero-order valence-electron chi connectivity index (χ0n) is 14.5. The van der Waals surface area contributed by atoms with Crippen molar-refractivity contribution in [3.8, 4) is 5.88 Å². The molecule has 2 rings (SSSR count). The first-order valence-corrected chi connectivity index (χ1v) is 7.52. The normalized spacial score (nSPS) is 13.2. The van der Waals surface area contributed by atoms with E-state index in [-0.39, 0.29) is 28.7 Å². The molecule has 138 valence electrons. The van der Waals surface area contributed by atoms with Gasteiger partial charge in [-0.1, -0.05) is 0 Å². The molecule has 11 nitrogen and oxygen atoms in total. The molecule has 0 aromatic carbocycles. The standard InChI is InChI=1S/C15H17N5O6/c1-6(21)12(25)10-5-16-11-13(17-10)18-15(19-14(11)26-9(4)24)20(7(2)22)8(3)23/h5-6,12,21,25H,1-4H3. The molecule has 0 spiro atoms. The summed E-state index contributed by atoms with van der Waals surface area (Å²) >= 11 is 0. The molecule has 0 fully saturated rings. The molecule has 0 bridgehead atoms. The quantitative estimate of drug-likeness (QED) is 0.689. The van der Waals surface area contributed by atoms with Crippen molar-refractivity contribution in [2.24, 2.45) is 0 Å². The smallest absolute Gasteiger partial charge is 0.309 e. The fourth-order valence-corrected chi connectivity index (χ4v) is 2.09. The van der Waals surface area contributed by atoms with Crippen molar-refractivity contribution >= 4 is 34.9 Å². The van der Waals surface area contributed by atoms with E-state index >= 15 is 0 Å². The third-order valence-corrected chi connectivity index (χ3v) is 3.21. The van der Waals surface area contributed by atoms with Gasteiger partial charge in [0, 0.05) is 20.8 Å².